The van der Waals surface area contributed by atoms with Crippen molar-refractivity contribution in [2.75, 3.05) is 6.61 Å². The predicted molar refractivity (Wildman–Crippen MR) is 129 cm³/mol. The highest BCUT2D eigenvalue weighted by Crippen LogP contribution is 2.29. The van der Waals surface area contributed by atoms with E-state index in [1.54, 1.807) is 6.21 Å². The smallest absolute Gasteiger partial charge is 0.271 e. The Morgan fingerprint density at radius 3 is 2.31 bits per heavy atom. The molecule has 5 nitrogen and oxygen atoms in total. The van der Waals surface area contributed by atoms with E-state index in [2.05, 4.69) is 31.3 Å². The SMILES string of the molecule is CCOc1cc(/C=N\NC(=O)c2ccc(C(C)(C)C)cc2)ccc1OCc1ccccc1. The summed E-state index contributed by atoms with van der Waals surface area (Å²) in [5.74, 6) is 1.04. The molecule has 3 rings (SSSR count). The highest BCUT2D eigenvalue weighted by Gasteiger charge is 2.14. The average Bonchev–Trinajstić information content (AvgIpc) is 2.79. The Bertz CT molecular complexity index is 1050. The van der Waals surface area contributed by atoms with Crippen molar-refractivity contribution in [1.82, 2.24) is 5.43 Å². The van der Waals surface area contributed by atoms with Crippen LogP contribution in [0.4, 0.5) is 0 Å². The van der Waals surface area contributed by atoms with E-state index in [9.17, 15) is 4.79 Å². The maximum absolute atomic E-state index is 12.4. The van der Waals surface area contributed by atoms with Crippen LogP contribution in [-0.2, 0) is 12.0 Å². The van der Waals surface area contributed by atoms with Gasteiger partial charge in [-0.1, -0.05) is 63.2 Å². The first-order chi connectivity index (χ1) is 15.4. The van der Waals surface area contributed by atoms with E-state index in [0.29, 0.717) is 30.3 Å². The van der Waals surface area contributed by atoms with Gasteiger partial charge in [-0.2, -0.15) is 5.10 Å². The molecule has 1 amide bonds. The molecule has 0 bridgehead atoms. The highest BCUT2D eigenvalue weighted by atomic mass is 16.5. The van der Waals surface area contributed by atoms with Gasteiger partial charge in [0.1, 0.15) is 6.61 Å². The lowest BCUT2D eigenvalue weighted by molar-refractivity contribution is 0.0955. The Balaban J connectivity index is 1.63. The van der Waals surface area contributed by atoms with E-state index >= 15 is 0 Å². The second-order valence-corrected chi connectivity index (χ2v) is 8.44. The molecule has 3 aromatic carbocycles. The number of hydrogen-bond donors (Lipinski definition) is 1. The molecule has 0 radical (unpaired) electrons. The van der Waals surface area contributed by atoms with Crippen molar-refractivity contribution < 1.29 is 14.3 Å². The molecule has 0 aliphatic heterocycles. The molecular weight excluding hydrogens is 400 g/mol. The van der Waals surface area contributed by atoms with Crippen molar-refractivity contribution in [1.29, 1.82) is 0 Å². The zero-order chi connectivity index (χ0) is 23.0. The van der Waals surface area contributed by atoms with Gasteiger partial charge in [0.15, 0.2) is 11.5 Å². The van der Waals surface area contributed by atoms with Crippen LogP contribution in [0, 0.1) is 0 Å². The third-order valence-electron chi connectivity index (χ3n) is 4.90. The molecule has 0 aliphatic carbocycles. The van der Waals surface area contributed by atoms with Crippen LogP contribution in [0.5, 0.6) is 11.5 Å². The van der Waals surface area contributed by atoms with Crippen LogP contribution in [-0.4, -0.2) is 18.7 Å². The summed E-state index contributed by atoms with van der Waals surface area (Å²) in [7, 11) is 0. The third-order valence-corrected chi connectivity index (χ3v) is 4.90. The number of ether oxygens (including phenoxy) is 2. The first-order valence-corrected chi connectivity index (χ1v) is 10.7. The zero-order valence-corrected chi connectivity index (χ0v) is 19.1. The minimum atomic E-state index is -0.255. The van der Waals surface area contributed by atoms with Crippen molar-refractivity contribution in [2.24, 2.45) is 5.10 Å². The van der Waals surface area contributed by atoms with Crippen LogP contribution in [0.3, 0.4) is 0 Å². The molecule has 5 heteroatoms. The van der Waals surface area contributed by atoms with Crippen molar-refractivity contribution in [3.05, 3.63) is 95.1 Å². The standard InChI is InChI=1S/C27H30N2O3/c1-5-31-25-17-21(11-16-24(25)32-19-20-9-7-6-8-10-20)18-28-29-26(30)22-12-14-23(15-13-22)27(2,3)4/h6-18H,5,19H2,1-4H3,(H,29,30)/b28-18-. The van der Waals surface area contributed by atoms with Gasteiger partial charge >= 0.3 is 0 Å². The normalized spacial score (nSPS) is 11.4. The fourth-order valence-electron chi connectivity index (χ4n) is 3.08. The molecule has 0 aromatic heterocycles. The molecule has 1 N–H and O–H groups in total. The van der Waals surface area contributed by atoms with Gasteiger partial charge < -0.3 is 9.47 Å². The van der Waals surface area contributed by atoms with Gasteiger partial charge in [-0.15, -0.1) is 0 Å². The number of amides is 1. The largest absolute Gasteiger partial charge is 0.490 e. The highest BCUT2D eigenvalue weighted by molar-refractivity contribution is 5.95. The van der Waals surface area contributed by atoms with Crippen LogP contribution in [0.1, 0.15) is 54.7 Å². The quantitative estimate of drug-likeness (QED) is 0.367. The van der Waals surface area contributed by atoms with Crippen molar-refractivity contribution in [3.63, 3.8) is 0 Å². The van der Waals surface area contributed by atoms with E-state index in [-0.39, 0.29) is 11.3 Å². The monoisotopic (exact) mass is 430 g/mol. The Labute approximate surface area is 190 Å². The van der Waals surface area contributed by atoms with Crippen LogP contribution < -0.4 is 14.9 Å². The van der Waals surface area contributed by atoms with Crippen molar-refractivity contribution in [3.8, 4) is 11.5 Å². The first-order valence-electron chi connectivity index (χ1n) is 10.7. The summed E-state index contributed by atoms with van der Waals surface area (Å²) >= 11 is 0. The summed E-state index contributed by atoms with van der Waals surface area (Å²) in [6.45, 7) is 9.32. The summed E-state index contributed by atoms with van der Waals surface area (Å²) in [6.07, 6.45) is 1.59. The van der Waals surface area contributed by atoms with E-state index in [1.165, 1.54) is 5.56 Å². The average molecular weight is 431 g/mol. The van der Waals surface area contributed by atoms with Gasteiger partial charge in [0.25, 0.3) is 5.91 Å². The fourth-order valence-corrected chi connectivity index (χ4v) is 3.08. The number of benzene rings is 3. The number of hydrogen-bond acceptors (Lipinski definition) is 4. The molecule has 32 heavy (non-hydrogen) atoms. The molecule has 0 unspecified atom stereocenters. The molecule has 0 saturated heterocycles. The number of rotatable bonds is 8. The van der Waals surface area contributed by atoms with Crippen molar-refractivity contribution >= 4 is 12.1 Å². The minimum Gasteiger partial charge on any atom is -0.490 e. The molecule has 0 spiro atoms. The van der Waals surface area contributed by atoms with E-state index in [0.717, 1.165) is 11.1 Å². The number of hydrazone groups is 1. The molecule has 0 fully saturated rings. The Kier molecular flexibility index (Phi) is 7.66. The summed E-state index contributed by atoms with van der Waals surface area (Å²) in [5, 5.41) is 4.09. The second-order valence-electron chi connectivity index (χ2n) is 8.44. The van der Waals surface area contributed by atoms with Crippen LogP contribution in [0.2, 0.25) is 0 Å². The molecule has 0 atom stereocenters. The first kappa shape index (κ1) is 23.1. The van der Waals surface area contributed by atoms with Gasteiger partial charge in [-0.25, -0.2) is 5.43 Å². The van der Waals surface area contributed by atoms with E-state index < -0.39 is 0 Å². The van der Waals surface area contributed by atoms with Crippen LogP contribution >= 0.6 is 0 Å². The van der Waals surface area contributed by atoms with Gasteiger partial charge in [0.2, 0.25) is 0 Å². The molecule has 0 saturated carbocycles. The molecule has 3 aromatic rings. The maximum Gasteiger partial charge on any atom is 0.271 e. The van der Waals surface area contributed by atoms with Crippen LogP contribution in [0.15, 0.2) is 77.9 Å². The lowest BCUT2D eigenvalue weighted by atomic mass is 9.87. The summed E-state index contributed by atoms with van der Waals surface area (Å²) in [6, 6.07) is 23.1. The molecular formula is C27H30N2O3. The predicted octanol–water partition coefficient (Wildman–Crippen LogP) is 5.73. The maximum atomic E-state index is 12.4. The second kappa shape index (κ2) is 10.6. The Hall–Kier alpha value is -3.60. The van der Waals surface area contributed by atoms with Crippen molar-refractivity contribution in [2.45, 2.75) is 39.7 Å². The van der Waals surface area contributed by atoms with Gasteiger partial charge in [0.05, 0.1) is 12.8 Å². The van der Waals surface area contributed by atoms with Crippen LogP contribution in [0.25, 0.3) is 0 Å². The topological polar surface area (TPSA) is 59.9 Å². The summed E-state index contributed by atoms with van der Waals surface area (Å²) in [4.78, 5) is 12.4. The molecule has 0 heterocycles. The molecule has 0 aliphatic rings. The zero-order valence-electron chi connectivity index (χ0n) is 19.1. The van der Waals surface area contributed by atoms with Gasteiger partial charge in [0, 0.05) is 5.56 Å². The third kappa shape index (κ3) is 6.45. The van der Waals surface area contributed by atoms with Gasteiger partial charge in [-0.3, -0.25) is 4.79 Å². The molecule has 166 valence electrons. The van der Waals surface area contributed by atoms with Gasteiger partial charge in [-0.05, 0) is 59.4 Å². The number of nitrogens with zero attached hydrogens (tertiary/aromatic N) is 1. The lowest BCUT2D eigenvalue weighted by Crippen LogP contribution is -2.18. The summed E-state index contributed by atoms with van der Waals surface area (Å²) < 4.78 is 11.7. The number of carbonyl (C=O) groups is 1. The minimum absolute atomic E-state index is 0.0440. The summed E-state index contributed by atoms with van der Waals surface area (Å²) in [5.41, 5.74) is 6.24. The lowest BCUT2D eigenvalue weighted by Gasteiger charge is -2.18. The Morgan fingerprint density at radius 1 is 0.938 bits per heavy atom. The Morgan fingerprint density at radius 2 is 1.66 bits per heavy atom. The number of nitrogens with one attached hydrogen (secondary N) is 1. The number of carbonyl (C=O) groups excluding carboxylic acids is 1. The van der Waals surface area contributed by atoms with E-state index in [1.807, 2.05) is 79.7 Å². The van der Waals surface area contributed by atoms with E-state index in [4.69, 9.17) is 9.47 Å². The fraction of sp³-hybridized carbons (Fsp3) is 0.259.